The highest BCUT2D eigenvalue weighted by molar-refractivity contribution is 5.73. The van der Waals surface area contributed by atoms with Crippen LogP contribution in [-0.4, -0.2) is 22.4 Å². The van der Waals surface area contributed by atoms with E-state index in [2.05, 4.69) is 16.7 Å². The Morgan fingerprint density at radius 3 is 2.63 bits per heavy atom. The fourth-order valence-electron chi connectivity index (χ4n) is 2.99. The van der Waals surface area contributed by atoms with Gasteiger partial charge in [-0.1, -0.05) is 19.3 Å². The first-order valence-electron chi connectivity index (χ1n) is 7.33. The lowest BCUT2D eigenvalue weighted by Gasteiger charge is -2.23. The number of aromatic nitrogens is 2. The second-order valence-corrected chi connectivity index (χ2v) is 5.37. The normalized spacial score (nSPS) is 16.6. The number of carbonyl (C=O) groups is 1. The molecule has 4 nitrogen and oxygen atoms in total. The van der Waals surface area contributed by atoms with Crippen molar-refractivity contribution in [1.82, 2.24) is 9.78 Å². The topological polar surface area (TPSA) is 44.1 Å². The van der Waals surface area contributed by atoms with E-state index in [1.54, 1.807) is 0 Å². The van der Waals surface area contributed by atoms with Crippen LogP contribution < -0.4 is 0 Å². The SMILES string of the molecule is CCOC(=O)Cc1c(C)nn(C2CCCCC2)c1C. The van der Waals surface area contributed by atoms with Gasteiger partial charge in [0.1, 0.15) is 0 Å². The van der Waals surface area contributed by atoms with Crippen LogP contribution in [-0.2, 0) is 16.0 Å². The first-order valence-corrected chi connectivity index (χ1v) is 7.33. The molecule has 0 bridgehead atoms. The number of ether oxygens (including phenoxy) is 1. The zero-order valence-electron chi connectivity index (χ0n) is 12.2. The van der Waals surface area contributed by atoms with E-state index in [9.17, 15) is 4.79 Å². The van der Waals surface area contributed by atoms with Gasteiger partial charge < -0.3 is 4.74 Å². The number of esters is 1. The van der Waals surface area contributed by atoms with Gasteiger partial charge in [-0.3, -0.25) is 9.48 Å². The summed E-state index contributed by atoms with van der Waals surface area (Å²) in [7, 11) is 0. The van der Waals surface area contributed by atoms with Crippen LogP contribution in [0.3, 0.4) is 0 Å². The second kappa shape index (κ2) is 6.22. The largest absolute Gasteiger partial charge is 0.466 e. The van der Waals surface area contributed by atoms with Gasteiger partial charge in [-0.25, -0.2) is 0 Å². The number of nitrogens with zero attached hydrogens (tertiary/aromatic N) is 2. The molecular formula is C15H24N2O2. The molecular weight excluding hydrogens is 240 g/mol. The summed E-state index contributed by atoms with van der Waals surface area (Å²) in [4.78, 5) is 11.6. The lowest BCUT2D eigenvalue weighted by atomic mass is 9.95. The smallest absolute Gasteiger partial charge is 0.310 e. The molecule has 1 aliphatic carbocycles. The Labute approximate surface area is 115 Å². The minimum absolute atomic E-state index is 0.156. The highest BCUT2D eigenvalue weighted by Crippen LogP contribution is 2.30. The molecule has 1 heterocycles. The first-order chi connectivity index (χ1) is 9.13. The molecule has 4 heteroatoms. The molecule has 1 saturated carbocycles. The molecule has 0 aliphatic heterocycles. The fourth-order valence-corrected chi connectivity index (χ4v) is 2.99. The summed E-state index contributed by atoms with van der Waals surface area (Å²) in [6, 6.07) is 0.517. The van der Waals surface area contributed by atoms with Crippen LogP contribution in [0.1, 0.15) is 62.0 Å². The third-order valence-corrected chi connectivity index (χ3v) is 4.02. The van der Waals surface area contributed by atoms with Crippen molar-refractivity contribution in [3.05, 3.63) is 17.0 Å². The molecule has 2 rings (SSSR count). The molecule has 0 N–H and O–H groups in total. The average molecular weight is 264 g/mol. The van der Waals surface area contributed by atoms with Gasteiger partial charge in [-0.15, -0.1) is 0 Å². The molecule has 0 radical (unpaired) electrons. The molecule has 1 fully saturated rings. The van der Waals surface area contributed by atoms with E-state index in [0.29, 0.717) is 19.1 Å². The molecule has 0 spiro atoms. The van der Waals surface area contributed by atoms with Gasteiger partial charge in [0.2, 0.25) is 0 Å². The summed E-state index contributed by atoms with van der Waals surface area (Å²) < 4.78 is 7.18. The Morgan fingerprint density at radius 1 is 1.32 bits per heavy atom. The third kappa shape index (κ3) is 3.17. The standard InChI is InChI=1S/C15H24N2O2/c1-4-19-15(18)10-14-11(2)16-17(12(14)3)13-8-6-5-7-9-13/h13H,4-10H2,1-3H3. The number of hydrogen-bond acceptors (Lipinski definition) is 3. The Hall–Kier alpha value is -1.32. The summed E-state index contributed by atoms with van der Waals surface area (Å²) in [6.45, 7) is 6.33. The van der Waals surface area contributed by atoms with Crippen molar-refractivity contribution in [3.63, 3.8) is 0 Å². The number of carbonyl (C=O) groups excluding carboxylic acids is 1. The highest BCUT2D eigenvalue weighted by Gasteiger charge is 2.22. The number of hydrogen-bond donors (Lipinski definition) is 0. The summed E-state index contributed by atoms with van der Waals surface area (Å²) in [5.74, 6) is -0.156. The van der Waals surface area contributed by atoms with Crippen molar-refractivity contribution < 1.29 is 9.53 Å². The van der Waals surface area contributed by atoms with Gasteiger partial charge in [0.15, 0.2) is 0 Å². The van der Waals surface area contributed by atoms with E-state index in [1.807, 2.05) is 13.8 Å². The third-order valence-electron chi connectivity index (χ3n) is 4.02. The van der Waals surface area contributed by atoms with Crippen molar-refractivity contribution in [2.45, 2.75) is 65.3 Å². The van der Waals surface area contributed by atoms with Gasteiger partial charge in [0.25, 0.3) is 0 Å². The first kappa shape index (κ1) is 14.1. The van der Waals surface area contributed by atoms with Crippen molar-refractivity contribution in [2.24, 2.45) is 0 Å². The predicted octanol–water partition coefficient (Wildman–Crippen LogP) is 3.11. The van der Waals surface area contributed by atoms with Crippen molar-refractivity contribution in [2.75, 3.05) is 6.61 Å². The lowest BCUT2D eigenvalue weighted by Crippen LogP contribution is -2.16. The van der Waals surface area contributed by atoms with Crippen LogP contribution in [0.5, 0.6) is 0 Å². The molecule has 0 aromatic carbocycles. The van der Waals surface area contributed by atoms with Crippen molar-refractivity contribution in [1.29, 1.82) is 0 Å². The fraction of sp³-hybridized carbons (Fsp3) is 0.733. The van der Waals surface area contributed by atoms with E-state index in [0.717, 1.165) is 17.0 Å². The zero-order chi connectivity index (χ0) is 13.8. The maximum Gasteiger partial charge on any atom is 0.310 e. The maximum atomic E-state index is 11.6. The second-order valence-electron chi connectivity index (χ2n) is 5.37. The van der Waals surface area contributed by atoms with E-state index in [-0.39, 0.29) is 5.97 Å². The van der Waals surface area contributed by atoms with Gasteiger partial charge in [-0.05, 0) is 33.6 Å². The molecule has 0 amide bonds. The molecule has 1 aliphatic rings. The predicted molar refractivity (Wildman–Crippen MR) is 74.2 cm³/mol. The monoisotopic (exact) mass is 264 g/mol. The quantitative estimate of drug-likeness (QED) is 0.785. The highest BCUT2D eigenvalue weighted by atomic mass is 16.5. The Morgan fingerprint density at radius 2 is 2.00 bits per heavy atom. The Balaban J connectivity index is 2.16. The van der Waals surface area contributed by atoms with Crippen LogP contribution in [0.15, 0.2) is 0 Å². The van der Waals surface area contributed by atoms with Crippen molar-refractivity contribution in [3.8, 4) is 0 Å². The molecule has 106 valence electrons. The Bertz CT molecular complexity index is 445. The summed E-state index contributed by atoms with van der Waals surface area (Å²) in [6.07, 6.45) is 6.68. The zero-order valence-corrected chi connectivity index (χ0v) is 12.2. The van der Waals surface area contributed by atoms with Gasteiger partial charge >= 0.3 is 5.97 Å². The Kier molecular flexibility index (Phi) is 4.61. The van der Waals surface area contributed by atoms with Crippen LogP contribution in [0.2, 0.25) is 0 Å². The van der Waals surface area contributed by atoms with Crippen LogP contribution in [0.4, 0.5) is 0 Å². The van der Waals surface area contributed by atoms with Crippen LogP contribution in [0.25, 0.3) is 0 Å². The van der Waals surface area contributed by atoms with Gasteiger partial charge in [0.05, 0.1) is 24.8 Å². The number of rotatable bonds is 4. The van der Waals surface area contributed by atoms with Crippen molar-refractivity contribution >= 4 is 5.97 Å². The summed E-state index contributed by atoms with van der Waals surface area (Å²) in [5, 5.41) is 4.66. The number of aryl methyl sites for hydroxylation is 1. The van der Waals surface area contributed by atoms with E-state index in [4.69, 9.17) is 4.74 Å². The average Bonchev–Trinajstić information content (AvgIpc) is 2.68. The molecule has 1 aromatic heterocycles. The summed E-state index contributed by atoms with van der Waals surface area (Å²) >= 11 is 0. The minimum Gasteiger partial charge on any atom is -0.466 e. The maximum absolute atomic E-state index is 11.6. The molecule has 0 atom stereocenters. The molecule has 1 aromatic rings. The van der Waals surface area contributed by atoms with Gasteiger partial charge in [0, 0.05) is 11.3 Å². The van der Waals surface area contributed by atoms with Crippen LogP contribution in [0, 0.1) is 13.8 Å². The van der Waals surface area contributed by atoms with E-state index < -0.39 is 0 Å². The van der Waals surface area contributed by atoms with Crippen LogP contribution >= 0.6 is 0 Å². The minimum atomic E-state index is -0.156. The summed E-state index contributed by atoms with van der Waals surface area (Å²) in [5.41, 5.74) is 3.15. The van der Waals surface area contributed by atoms with E-state index in [1.165, 1.54) is 32.1 Å². The molecule has 19 heavy (non-hydrogen) atoms. The molecule has 0 saturated heterocycles. The molecule has 0 unspecified atom stereocenters. The van der Waals surface area contributed by atoms with Gasteiger partial charge in [-0.2, -0.15) is 5.10 Å². The van der Waals surface area contributed by atoms with E-state index >= 15 is 0 Å². The lowest BCUT2D eigenvalue weighted by molar-refractivity contribution is -0.142.